The van der Waals surface area contributed by atoms with Gasteiger partial charge in [0.1, 0.15) is 5.69 Å². The Morgan fingerprint density at radius 3 is 2.60 bits per heavy atom. The standard InChI is InChI=1S/C10H18N4O/c1-9-10(8-15)11-12-14(9)7-6-13-4-2-3-5-13/h15H,2-8H2,1H3. The zero-order chi connectivity index (χ0) is 10.7. The lowest BCUT2D eigenvalue weighted by molar-refractivity contribution is 0.275. The zero-order valence-corrected chi connectivity index (χ0v) is 9.19. The van der Waals surface area contributed by atoms with Gasteiger partial charge in [0.05, 0.1) is 18.8 Å². The molecule has 0 radical (unpaired) electrons. The van der Waals surface area contributed by atoms with Crippen LogP contribution in [0.1, 0.15) is 24.2 Å². The second-order valence-corrected chi connectivity index (χ2v) is 4.05. The average Bonchev–Trinajstić information content (AvgIpc) is 2.85. The number of aromatic nitrogens is 3. The van der Waals surface area contributed by atoms with Crippen molar-refractivity contribution in [2.75, 3.05) is 19.6 Å². The topological polar surface area (TPSA) is 54.2 Å². The van der Waals surface area contributed by atoms with E-state index in [2.05, 4.69) is 15.2 Å². The van der Waals surface area contributed by atoms with Gasteiger partial charge in [-0.25, -0.2) is 4.68 Å². The second-order valence-electron chi connectivity index (χ2n) is 4.05. The molecule has 0 amide bonds. The minimum Gasteiger partial charge on any atom is -0.390 e. The number of aliphatic hydroxyl groups excluding tert-OH is 1. The third kappa shape index (κ3) is 2.35. The summed E-state index contributed by atoms with van der Waals surface area (Å²) in [6.45, 7) is 6.26. The van der Waals surface area contributed by atoms with Crippen LogP contribution in [0, 0.1) is 6.92 Å². The fourth-order valence-corrected chi connectivity index (χ4v) is 2.00. The summed E-state index contributed by atoms with van der Waals surface area (Å²) < 4.78 is 1.88. The minimum atomic E-state index is -0.0183. The third-order valence-electron chi connectivity index (χ3n) is 3.05. The molecule has 1 aromatic rings. The first-order chi connectivity index (χ1) is 7.31. The van der Waals surface area contributed by atoms with E-state index in [1.165, 1.54) is 25.9 Å². The Morgan fingerprint density at radius 1 is 1.27 bits per heavy atom. The molecule has 1 fully saturated rings. The molecule has 5 heteroatoms. The molecular weight excluding hydrogens is 192 g/mol. The molecule has 1 N–H and O–H groups in total. The van der Waals surface area contributed by atoms with E-state index < -0.39 is 0 Å². The summed E-state index contributed by atoms with van der Waals surface area (Å²) in [7, 11) is 0. The van der Waals surface area contributed by atoms with Crippen molar-refractivity contribution in [2.45, 2.75) is 32.9 Å². The fourth-order valence-electron chi connectivity index (χ4n) is 2.00. The van der Waals surface area contributed by atoms with E-state index in [1.807, 2.05) is 11.6 Å². The Morgan fingerprint density at radius 2 is 2.00 bits per heavy atom. The Labute approximate surface area is 89.7 Å². The van der Waals surface area contributed by atoms with Crippen molar-refractivity contribution >= 4 is 0 Å². The maximum absolute atomic E-state index is 8.99. The summed E-state index contributed by atoms with van der Waals surface area (Å²) in [5.74, 6) is 0. The first-order valence-corrected chi connectivity index (χ1v) is 5.53. The lowest BCUT2D eigenvalue weighted by Crippen LogP contribution is -2.24. The van der Waals surface area contributed by atoms with Gasteiger partial charge in [0.15, 0.2) is 0 Å². The molecule has 5 nitrogen and oxygen atoms in total. The number of rotatable bonds is 4. The van der Waals surface area contributed by atoms with Crippen LogP contribution in [0.15, 0.2) is 0 Å². The molecular formula is C10H18N4O. The van der Waals surface area contributed by atoms with Gasteiger partial charge in [-0.15, -0.1) is 5.10 Å². The van der Waals surface area contributed by atoms with Crippen molar-refractivity contribution in [1.29, 1.82) is 0 Å². The van der Waals surface area contributed by atoms with Crippen LogP contribution in [0.2, 0.25) is 0 Å². The van der Waals surface area contributed by atoms with E-state index in [0.29, 0.717) is 5.69 Å². The molecule has 1 aliphatic rings. The van der Waals surface area contributed by atoms with E-state index in [9.17, 15) is 0 Å². The van der Waals surface area contributed by atoms with Gasteiger partial charge in [0, 0.05) is 6.54 Å². The van der Waals surface area contributed by atoms with Gasteiger partial charge in [-0.1, -0.05) is 5.21 Å². The molecule has 2 rings (SSSR count). The molecule has 0 spiro atoms. The Hall–Kier alpha value is -0.940. The monoisotopic (exact) mass is 210 g/mol. The van der Waals surface area contributed by atoms with Crippen LogP contribution in [0.5, 0.6) is 0 Å². The molecule has 0 bridgehead atoms. The Bertz CT molecular complexity index is 317. The number of nitrogens with zero attached hydrogens (tertiary/aromatic N) is 4. The van der Waals surface area contributed by atoms with Crippen molar-refractivity contribution in [3.63, 3.8) is 0 Å². The lowest BCUT2D eigenvalue weighted by Gasteiger charge is -2.14. The van der Waals surface area contributed by atoms with Crippen LogP contribution >= 0.6 is 0 Å². The Balaban J connectivity index is 1.89. The highest BCUT2D eigenvalue weighted by Gasteiger charge is 2.12. The van der Waals surface area contributed by atoms with Crippen LogP contribution in [0.25, 0.3) is 0 Å². The summed E-state index contributed by atoms with van der Waals surface area (Å²) in [5.41, 5.74) is 1.67. The van der Waals surface area contributed by atoms with Gasteiger partial charge in [-0.05, 0) is 32.9 Å². The van der Waals surface area contributed by atoms with Crippen LogP contribution in [-0.2, 0) is 13.2 Å². The second kappa shape index (κ2) is 4.72. The third-order valence-corrected chi connectivity index (χ3v) is 3.05. The molecule has 2 heterocycles. The number of hydrogen-bond donors (Lipinski definition) is 1. The first kappa shape index (κ1) is 10.6. The molecule has 84 valence electrons. The van der Waals surface area contributed by atoms with E-state index >= 15 is 0 Å². The molecule has 0 unspecified atom stereocenters. The van der Waals surface area contributed by atoms with Gasteiger partial charge < -0.3 is 10.0 Å². The van der Waals surface area contributed by atoms with E-state index in [1.54, 1.807) is 0 Å². The molecule has 0 saturated carbocycles. The molecule has 0 atom stereocenters. The van der Waals surface area contributed by atoms with Gasteiger partial charge in [0.2, 0.25) is 0 Å². The minimum absolute atomic E-state index is 0.0183. The average molecular weight is 210 g/mol. The van der Waals surface area contributed by atoms with Crippen LogP contribution in [-0.4, -0.2) is 44.6 Å². The SMILES string of the molecule is Cc1c(CO)nnn1CCN1CCCC1. The van der Waals surface area contributed by atoms with Crippen molar-refractivity contribution in [2.24, 2.45) is 0 Å². The maximum atomic E-state index is 8.99. The predicted molar refractivity (Wildman–Crippen MR) is 56.4 cm³/mol. The maximum Gasteiger partial charge on any atom is 0.111 e. The fraction of sp³-hybridized carbons (Fsp3) is 0.800. The largest absolute Gasteiger partial charge is 0.390 e. The van der Waals surface area contributed by atoms with Crippen molar-refractivity contribution in [3.05, 3.63) is 11.4 Å². The Kier molecular flexibility index (Phi) is 3.33. The number of hydrogen-bond acceptors (Lipinski definition) is 4. The van der Waals surface area contributed by atoms with E-state index in [0.717, 1.165) is 18.8 Å². The molecule has 15 heavy (non-hydrogen) atoms. The quantitative estimate of drug-likeness (QED) is 0.770. The lowest BCUT2D eigenvalue weighted by atomic mass is 10.3. The predicted octanol–water partition coefficient (Wildman–Crippen LogP) is 0.175. The van der Waals surface area contributed by atoms with E-state index in [-0.39, 0.29) is 6.61 Å². The van der Waals surface area contributed by atoms with Crippen LogP contribution < -0.4 is 0 Å². The van der Waals surface area contributed by atoms with Gasteiger partial charge >= 0.3 is 0 Å². The molecule has 1 aliphatic heterocycles. The summed E-state index contributed by atoms with van der Waals surface area (Å²) in [6, 6.07) is 0. The van der Waals surface area contributed by atoms with Gasteiger partial charge in [-0.3, -0.25) is 0 Å². The van der Waals surface area contributed by atoms with E-state index in [4.69, 9.17) is 5.11 Å². The van der Waals surface area contributed by atoms with Crippen molar-refractivity contribution < 1.29 is 5.11 Å². The molecule has 0 aliphatic carbocycles. The van der Waals surface area contributed by atoms with Crippen LogP contribution in [0.4, 0.5) is 0 Å². The highest BCUT2D eigenvalue weighted by Crippen LogP contribution is 2.08. The number of aliphatic hydroxyl groups is 1. The normalized spacial score (nSPS) is 17.5. The first-order valence-electron chi connectivity index (χ1n) is 5.53. The smallest absolute Gasteiger partial charge is 0.111 e. The zero-order valence-electron chi connectivity index (χ0n) is 9.19. The van der Waals surface area contributed by atoms with Crippen LogP contribution in [0.3, 0.4) is 0 Å². The molecule has 0 aromatic carbocycles. The molecule has 1 aromatic heterocycles. The summed E-state index contributed by atoms with van der Waals surface area (Å²) in [4.78, 5) is 2.44. The van der Waals surface area contributed by atoms with Crippen molar-refractivity contribution in [1.82, 2.24) is 19.9 Å². The molecule has 1 saturated heterocycles. The van der Waals surface area contributed by atoms with Gasteiger partial charge in [0.25, 0.3) is 0 Å². The van der Waals surface area contributed by atoms with Gasteiger partial charge in [-0.2, -0.15) is 0 Å². The van der Waals surface area contributed by atoms with Crippen molar-refractivity contribution in [3.8, 4) is 0 Å². The highest BCUT2D eigenvalue weighted by molar-refractivity contribution is 5.05. The highest BCUT2D eigenvalue weighted by atomic mass is 16.3. The summed E-state index contributed by atoms with van der Waals surface area (Å²) >= 11 is 0. The summed E-state index contributed by atoms with van der Waals surface area (Å²) in [6.07, 6.45) is 2.64. The summed E-state index contributed by atoms with van der Waals surface area (Å²) in [5, 5.41) is 16.9. The number of likely N-dealkylation sites (tertiary alicyclic amines) is 1.